The van der Waals surface area contributed by atoms with Crippen LogP contribution in [-0.4, -0.2) is 13.0 Å². The van der Waals surface area contributed by atoms with Crippen molar-refractivity contribution in [1.29, 1.82) is 0 Å². The summed E-state index contributed by atoms with van der Waals surface area (Å²) in [6.07, 6.45) is 0.853. The molecule has 1 aromatic heterocycles. The SMILES string of the molecule is CCN(C=O)c1cccs1. The predicted molar refractivity (Wildman–Crippen MR) is 43.4 cm³/mol. The first-order chi connectivity index (χ1) is 4.88. The number of anilines is 1. The van der Waals surface area contributed by atoms with Gasteiger partial charge < -0.3 is 4.90 Å². The van der Waals surface area contributed by atoms with E-state index in [-0.39, 0.29) is 0 Å². The Balaban J connectivity index is 2.73. The van der Waals surface area contributed by atoms with Crippen LogP contribution in [0.5, 0.6) is 0 Å². The Morgan fingerprint density at radius 3 is 3.00 bits per heavy atom. The molecule has 0 fully saturated rings. The molecule has 0 radical (unpaired) electrons. The fourth-order valence-electron chi connectivity index (χ4n) is 0.716. The van der Waals surface area contributed by atoms with Crippen LogP contribution in [0.2, 0.25) is 0 Å². The first-order valence-electron chi connectivity index (χ1n) is 3.14. The van der Waals surface area contributed by atoms with Gasteiger partial charge in [-0.3, -0.25) is 4.79 Å². The lowest BCUT2D eigenvalue weighted by Crippen LogP contribution is -2.18. The third-order valence-electron chi connectivity index (χ3n) is 1.26. The van der Waals surface area contributed by atoms with E-state index < -0.39 is 0 Å². The van der Waals surface area contributed by atoms with Gasteiger partial charge in [-0.1, -0.05) is 0 Å². The van der Waals surface area contributed by atoms with Gasteiger partial charge in [0.2, 0.25) is 6.41 Å². The average molecular weight is 155 g/mol. The number of thiophene rings is 1. The Kier molecular flexibility index (Phi) is 2.45. The Labute approximate surface area is 64.1 Å². The molecule has 3 heteroatoms. The normalized spacial score (nSPS) is 9.30. The van der Waals surface area contributed by atoms with E-state index in [1.807, 2.05) is 24.4 Å². The molecule has 0 atom stereocenters. The molecule has 0 unspecified atom stereocenters. The minimum Gasteiger partial charge on any atom is -0.307 e. The van der Waals surface area contributed by atoms with Crippen LogP contribution >= 0.6 is 11.3 Å². The van der Waals surface area contributed by atoms with Gasteiger partial charge in [0.25, 0.3) is 0 Å². The molecule has 0 aliphatic carbocycles. The Bertz CT molecular complexity index is 195. The molecule has 54 valence electrons. The molecule has 1 aromatic rings. The molecule has 1 rings (SSSR count). The summed E-state index contributed by atoms with van der Waals surface area (Å²) in [5.41, 5.74) is 0. The molecule has 0 N–H and O–H groups in total. The van der Waals surface area contributed by atoms with Crippen LogP contribution < -0.4 is 4.90 Å². The van der Waals surface area contributed by atoms with Crippen molar-refractivity contribution < 1.29 is 4.79 Å². The number of rotatable bonds is 3. The second kappa shape index (κ2) is 3.37. The number of hydrogen-bond acceptors (Lipinski definition) is 2. The highest BCUT2D eigenvalue weighted by Crippen LogP contribution is 2.18. The summed E-state index contributed by atoms with van der Waals surface area (Å²) < 4.78 is 0. The van der Waals surface area contributed by atoms with E-state index >= 15 is 0 Å². The predicted octanol–water partition coefficient (Wildman–Crippen LogP) is 1.73. The van der Waals surface area contributed by atoms with Crippen LogP contribution in [0, 0.1) is 0 Å². The molecule has 0 saturated heterocycles. The Morgan fingerprint density at radius 2 is 2.60 bits per heavy atom. The second-order valence-corrected chi connectivity index (χ2v) is 2.77. The van der Waals surface area contributed by atoms with Crippen molar-refractivity contribution in [3.05, 3.63) is 17.5 Å². The van der Waals surface area contributed by atoms with Crippen molar-refractivity contribution in [3.8, 4) is 0 Å². The van der Waals surface area contributed by atoms with E-state index in [4.69, 9.17) is 0 Å². The van der Waals surface area contributed by atoms with Crippen LogP contribution in [-0.2, 0) is 4.79 Å². The molecule has 0 aromatic carbocycles. The number of hydrogen-bond donors (Lipinski definition) is 0. The fraction of sp³-hybridized carbons (Fsp3) is 0.286. The van der Waals surface area contributed by atoms with Crippen LogP contribution in [0.15, 0.2) is 17.5 Å². The quantitative estimate of drug-likeness (QED) is 0.609. The molecule has 0 aliphatic rings. The lowest BCUT2D eigenvalue weighted by molar-refractivity contribution is -0.107. The van der Waals surface area contributed by atoms with E-state index in [0.29, 0.717) is 0 Å². The molecule has 0 bridgehead atoms. The van der Waals surface area contributed by atoms with Crippen LogP contribution in [0.3, 0.4) is 0 Å². The highest BCUT2D eigenvalue weighted by atomic mass is 32.1. The van der Waals surface area contributed by atoms with Gasteiger partial charge >= 0.3 is 0 Å². The number of nitrogens with zero attached hydrogens (tertiary/aromatic N) is 1. The lowest BCUT2D eigenvalue weighted by Gasteiger charge is -2.10. The number of carbonyl (C=O) groups excluding carboxylic acids is 1. The molecular formula is C7H9NOS. The molecule has 10 heavy (non-hydrogen) atoms. The molecule has 0 aliphatic heterocycles. The van der Waals surface area contributed by atoms with Crippen LogP contribution in [0.25, 0.3) is 0 Å². The van der Waals surface area contributed by atoms with Gasteiger partial charge in [-0.25, -0.2) is 0 Å². The maximum atomic E-state index is 10.4. The molecule has 1 heterocycles. The zero-order valence-corrected chi connectivity index (χ0v) is 6.60. The van der Waals surface area contributed by atoms with Gasteiger partial charge in [0.1, 0.15) is 0 Å². The molecular weight excluding hydrogens is 146 g/mol. The van der Waals surface area contributed by atoms with Gasteiger partial charge in [-0.05, 0) is 24.4 Å². The highest BCUT2D eigenvalue weighted by molar-refractivity contribution is 7.14. The summed E-state index contributed by atoms with van der Waals surface area (Å²) in [6, 6.07) is 3.87. The third-order valence-corrected chi connectivity index (χ3v) is 2.16. The third kappa shape index (κ3) is 1.36. The molecule has 0 spiro atoms. The van der Waals surface area contributed by atoms with E-state index in [2.05, 4.69) is 0 Å². The van der Waals surface area contributed by atoms with Crippen molar-refractivity contribution in [3.63, 3.8) is 0 Å². The van der Waals surface area contributed by atoms with E-state index in [1.54, 1.807) is 16.2 Å². The van der Waals surface area contributed by atoms with Crippen LogP contribution in [0.1, 0.15) is 6.92 Å². The van der Waals surface area contributed by atoms with Gasteiger partial charge in [-0.15, -0.1) is 11.3 Å². The fourth-order valence-corrected chi connectivity index (χ4v) is 1.48. The zero-order chi connectivity index (χ0) is 7.40. The number of amides is 1. The minimum absolute atomic E-state index is 0.740. The van der Waals surface area contributed by atoms with Crippen molar-refractivity contribution >= 4 is 22.7 Å². The van der Waals surface area contributed by atoms with E-state index in [0.717, 1.165) is 18.0 Å². The summed E-state index contributed by atoms with van der Waals surface area (Å²) in [6.45, 7) is 2.69. The summed E-state index contributed by atoms with van der Waals surface area (Å²) in [5.74, 6) is 0. The van der Waals surface area contributed by atoms with Gasteiger partial charge in [0.15, 0.2) is 0 Å². The lowest BCUT2D eigenvalue weighted by atomic mass is 10.5. The van der Waals surface area contributed by atoms with Crippen LogP contribution in [0.4, 0.5) is 5.00 Å². The minimum atomic E-state index is 0.740. The smallest absolute Gasteiger partial charge is 0.214 e. The maximum absolute atomic E-state index is 10.4. The Morgan fingerprint density at radius 1 is 1.80 bits per heavy atom. The van der Waals surface area contributed by atoms with Crippen molar-refractivity contribution in [2.24, 2.45) is 0 Å². The maximum Gasteiger partial charge on any atom is 0.214 e. The topological polar surface area (TPSA) is 20.3 Å². The zero-order valence-electron chi connectivity index (χ0n) is 5.78. The molecule has 1 amide bonds. The van der Waals surface area contributed by atoms with Crippen molar-refractivity contribution in [1.82, 2.24) is 0 Å². The van der Waals surface area contributed by atoms with Gasteiger partial charge in [0, 0.05) is 6.54 Å². The van der Waals surface area contributed by atoms with E-state index in [9.17, 15) is 4.79 Å². The average Bonchev–Trinajstić information content (AvgIpc) is 2.43. The summed E-state index contributed by atoms with van der Waals surface area (Å²) in [7, 11) is 0. The van der Waals surface area contributed by atoms with Gasteiger partial charge in [0.05, 0.1) is 5.00 Å². The van der Waals surface area contributed by atoms with Crippen molar-refractivity contribution in [2.45, 2.75) is 6.92 Å². The Hall–Kier alpha value is -0.830. The number of carbonyl (C=O) groups is 1. The second-order valence-electron chi connectivity index (χ2n) is 1.84. The standard InChI is InChI=1S/C7H9NOS/c1-2-8(6-9)7-4-3-5-10-7/h3-6H,2H2,1H3. The summed E-state index contributed by atoms with van der Waals surface area (Å²) in [4.78, 5) is 12.0. The van der Waals surface area contributed by atoms with Gasteiger partial charge in [-0.2, -0.15) is 0 Å². The van der Waals surface area contributed by atoms with Crippen molar-refractivity contribution in [2.75, 3.05) is 11.4 Å². The summed E-state index contributed by atoms with van der Waals surface area (Å²) in [5, 5.41) is 2.97. The molecule has 0 saturated carbocycles. The first kappa shape index (κ1) is 7.28. The largest absolute Gasteiger partial charge is 0.307 e. The van der Waals surface area contributed by atoms with E-state index in [1.165, 1.54) is 0 Å². The molecule has 2 nitrogen and oxygen atoms in total. The summed E-state index contributed by atoms with van der Waals surface area (Å²) >= 11 is 1.57. The highest BCUT2D eigenvalue weighted by Gasteiger charge is 2.00. The monoisotopic (exact) mass is 155 g/mol. The first-order valence-corrected chi connectivity index (χ1v) is 4.02.